The monoisotopic (exact) mass is 361 g/mol. The molecule has 0 fully saturated rings. The first-order valence-corrected chi connectivity index (χ1v) is 7.05. The number of carboxylic acid groups (broad SMARTS) is 1. The molecular formula is C15H20BrNO4. The third-order valence-electron chi connectivity index (χ3n) is 2.46. The van der Waals surface area contributed by atoms with Crippen LogP contribution >= 0.6 is 15.9 Å². The molecule has 0 aromatic heterocycles. The van der Waals surface area contributed by atoms with Gasteiger partial charge in [0.1, 0.15) is 11.1 Å². The molecule has 1 atom stereocenters. The zero-order valence-corrected chi connectivity index (χ0v) is 13.7. The van der Waals surface area contributed by atoms with Crippen molar-refractivity contribution >= 4 is 28.0 Å². The standard InChI is InChI=1S/C15H20BrNO4/c1-14(2,3)21-13(20)17-15(4,12(18)19)9-10-5-7-11(16)8-6-10/h5-8H,9H2,1-4H3,(H,17,20)(H,18,19)/t15-/m1/s1/i4+1D3. The molecule has 0 aliphatic carbocycles. The van der Waals surface area contributed by atoms with Gasteiger partial charge in [-0.3, -0.25) is 0 Å². The Bertz CT molecular complexity index is 611. The Morgan fingerprint density at radius 3 is 2.33 bits per heavy atom. The number of carboxylic acids is 1. The average Bonchev–Trinajstić information content (AvgIpc) is 2.36. The highest BCUT2D eigenvalue weighted by Gasteiger charge is 2.36. The summed E-state index contributed by atoms with van der Waals surface area (Å²) in [5, 5.41) is 11.6. The van der Waals surface area contributed by atoms with E-state index in [1.54, 1.807) is 45.0 Å². The number of hydrogen-bond acceptors (Lipinski definition) is 3. The minimum atomic E-state index is -2.98. The van der Waals surface area contributed by atoms with E-state index < -0.39 is 36.5 Å². The lowest BCUT2D eigenvalue weighted by Gasteiger charge is -2.28. The zero-order valence-electron chi connectivity index (χ0n) is 15.1. The molecule has 0 saturated heterocycles. The van der Waals surface area contributed by atoms with E-state index in [9.17, 15) is 14.7 Å². The van der Waals surface area contributed by atoms with Crippen LogP contribution in [-0.2, 0) is 16.0 Å². The minimum absolute atomic E-state index is 0.411. The Balaban J connectivity index is 3.22. The van der Waals surface area contributed by atoms with Crippen LogP contribution in [0.4, 0.5) is 4.79 Å². The number of nitrogens with one attached hydrogen (secondary N) is 1. The number of carbonyl (C=O) groups excluding carboxylic acids is 1. The van der Waals surface area contributed by atoms with E-state index in [1.807, 2.05) is 0 Å². The summed E-state index contributed by atoms with van der Waals surface area (Å²) in [5.74, 6) is -1.66. The Hall–Kier alpha value is -1.56. The molecule has 0 spiro atoms. The van der Waals surface area contributed by atoms with Crippen molar-refractivity contribution < 1.29 is 23.5 Å². The number of halogens is 1. The molecule has 1 amide bonds. The van der Waals surface area contributed by atoms with Gasteiger partial charge in [0.25, 0.3) is 0 Å². The molecule has 0 unspecified atom stereocenters. The van der Waals surface area contributed by atoms with E-state index in [2.05, 4.69) is 21.2 Å². The molecule has 0 saturated carbocycles. The lowest BCUT2D eigenvalue weighted by atomic mass is 9.98. The number of rotatable bonds is 4. The Kier molecular flexibility index (Phi) is 4.05. The average molecular weight is 362 g/mol. The maximum absolute atomic E-state index is 12.0. The van der Waals surface area contributed by atoms with Crippen LogP contribution in [0.1, 0.15) is 37.3 Å². The molecule has 6 heteroatoms. The molecule has 21 heavy (non-hydrogen) atoms. The predicted octanol–water partition coefficient (Wildman–Crippen LogP) is 3.36. The van der Waals surface area contributed by atoms with Crippen LogP contribution in [0.15, 0.2) is 28.7 Å². The number of ether oxygens (including phenoxy) is 1. The normalized spacial score (nSPS) is 16.9. The van der Waals surface area contributed by atoms with Crippen LogP contribution in [0.25, 0.3) is 0 Å². The second-order valence-corrected chi connectivity index (χ2v) is 6.56. The molecule has 0 radical (unpaired) electrons. The lowest BCUT2D eigenvalue weighted by Crippen LogP contribution is -2.54. The van der Waals surface area contributed by atoms with Crippen molar-refractivity contribution in [2.75, 3.05) is 0 Å². The molecule has 0 aliphatic rings. The van der Waals surface area contributed by atoms with Gasteiger partial charge in [-0.1, -0.05) is 28.1 Å². The third kappa shape index (κ3) is 5.75. The highest BCUT2D eigenvalue weighted by molar-refractivity contribution is 9.10. The van der Waals surface area contributed by atoms with Gasteiger partial charge in [-0.05, 0) is 45.3 Å². The van der Waals surface area contributed by atoms with E-state index in [-0.39, 0.29) is 0 Å². The van der Waals surface area contributed by atoms with Crippen LogP contribution in [0.2, 0.25) is 0 Å². The molecule has 5 nitrogen and oxygen atoms in total. The van der Waals surface area contributed by atoms with Gasteiger partial charge in [0, 0.05) is 15.0 Å². The maximum Gasteiger partial charge on any atom is 0.408 e. The zero-order chi connectivity index (χ0) is 18.8. The van der Waals surface area contributed by atoms with Gasteiger partial charge < -0.3 is 15.2 Å². The van der Waals surface area contributed by atoms with Crippen molar-refractivity contribution in [2.24, 2.45) is 0 Å². The van der Waals surface area contributed by atoms with E-state index in [0.29, 0.717) is 5.56 Å². The van der Waals surface area contributed by atoms with E-state index >= 15 is 0 Å². The highest BCUT2D eigenvalue weighted by atomic mass is 79.9. The third-order valence-corrected chi connectivity index (χ3v) is 2.99. The quantitative estimate of drug-likeness (QED) is 0.806. The first-order chi connectivity index (χ1) is 10.8. The lowest BCUT2D eigenvalue weighted by molar-refractivity contribution is -0.144. The van der Waals surface area contributed by atoms with Gasteiger partial charge in [0.15, 0.2) is 0 Å². The van der Waals surface area contributed by atoms with Gasteiger partial charge in [0.2, 0.25) is 0 Å². The van der Waals surface area contributed by atoms with Crippen LogP contribution < -0.4 is 5.32 Å². The largest absolute Gasteiger partial charge is 0.480 e. The summed E-state index contributed by atoms with van der Waals surface area (Å²) < 4.78 is 28.8. The van der Waals surface area contributed by atoms with Gasteiger partial charge in [-0.15, -0.1) is 0 Å². The van der Waals surface area contributed by atoms with Crippen LogP contribution in [0, 0.1) is 0 Å². The van der Waals surface area contributed by atoms with Crippen LogP contribution in [-0.4, -0.2) is 28.3 Å². The van der Waals surface area contributed by atoms with E-state index in [0.717, 1.165) is 4.47 Å². The number of amides is 1. The summed E-state index contributed by atoms with van der Waals surface area (Å²) in [6.45, 7) is 1.81. The SMILES string of the molecule is [2H][13C]([2H])([2H])[C@](Cc1ccc(Br)cc1)(NC(=O)OC(C)(C)C)C(=O)O. The van der Waals surface area contributed by atoms with E-state index in [1.165, 1.54) is 0 Å². The van der Waals surface area contributed by atoms with Crippen molar-refractivity contribution in [3.63, 3.8) is 0 Å². The maximum atomic E-state index is 12.0. The molecule has 0 aliphatic heterocycles. The highest BCUT2D eigenvalue weighted by Crippen LogP contribution is 2.18. The van der Waals surface area contributed by atoms with Crippen molar-refractivity contribution in [2.45, 2.75) is 45.2 Å². The fourth-order valence-corrected chi connectivity index (χ4v) is 1.82. The Labute approximate surface area is 137 Å². The van der Waals surface area contributed by atoms with Crippen LogP contribution in [0.3, 0.4) is 0 Å². The van der Waals surface area contributed by atoms with Crippen molar-refractivity contribution in [3.8, 4) is 0 Å². The smallest absolute Gasteiger partial charge is 0.408 e. The molecule has 1 aromatic rings. The van der Waals surface area contributed by atoms with Gasteiger partial charge in [-0.2, -0.15) is 0 Å². The number of hydrogen-bond donors (Lipinski definition) is 2. The van der Waals surface area contributed by atoms with Crippen molar-refractivity contribution in [3.05, 3.63) is 34.3 Å². The Morgan fingerprint density at radius 1 is 1.33 bits per heavy atom. The number of aliphatic carboxylic acids is 1. The molecular weight excluding hydrogens is 339 g/mol. The molecule has 2 N–H and O–H groups in total. The minimum Gasteiger partial charge on any atom is -0.480 e. The van der Waals surface area contributed by atoms with E-state index in [4.69, 9.17) is 8.85 Å². The summed E-state index contributed by atoms with van der Waals surface area (Å²) in [6.07, 6.45) is -1.51. The fraction of sp³-hybridized carbons (Fsp3) is 0.467. The fourth-order valence-electron chi connectivity index (χ4n) is 1.56. The van der Waals surface area contributed by atoms with Gasteiger partial charge in [0.05, 0.1) is 0 Å². The number of alkyl carbamates (subject to hydrolysis) is 1. The topological polar surface area (TPSA) is 75.6 Å². The van der Waals surface area contributed by atoms with Crippen molar-refractivity contribution in [1.29, 1.82) is 0 Å². The van der Waals surface area contributed by atoms with Crippen molar-refractivity contribution in [1.82, 2.24) is 5.32 Å². The van der Waals surface area contributed by atoms with Crippen LogP contribution in [0.5, 0.6) is 0 Å². The summed E-state index contributed by atoms with van der Waals surface area (Å²) in [4.78, 5) is 23.8. The molecule has 1 rings (SSSR count). The number of benzene rings is 1. The molecule has 1 aromatic carbocycles. The molecule has 0 heterocycles. The summed E-state index contributed by atoms with van der Waals surface area (Å²) in [5.41, 5.74) is -2.93. The first kappa shape index (κ1) is 13.1. The first-order valence-electron chi connectivity index (χ1n) is 7.76. The predicted molar refractivity (Wildman–Crippen MR) is 83.3 cm³/mol. The second kappa shape index (κ2) is 6.47. The molecule has 0 bridgehead atoms. The molecule has 116 valence electrons. The van der Waals surface area contributed by atoms with Gasteiger partial charge >= 0.3 is 12.1 Å². The summed E-state index contributed by atoms with van der Waals surface area (Å²) >= 11 is 3.25. The van der Waals surface area contributed by atoms with Gasteiger partial charge in [-0.25, -0.2) is 9.59 Å². The second-order valence-electron chi connectivity index (χ2n) is 5.64. The summed E-state index contributed by atoms with van der Waals surface area (Å²) in [7, 11) is 0. The Morgan fingerprint density at radius 2 is 1.90 bits per heavy atom. The summed E-state index contributed by atoms with van der Waals surface area (Å²) in [6, 6.07) is 6.50. The number of carbonyl (C=O) groups is 2.